The van der Waals surface area contributed by atoms with E-state index in [1.54, 1.807) is 18.2 Å². The number of benzene rings is 2. The molecule has 0 aromatic heterocycles. The maximum Gasteiger partial charge on any atom is 0.0574 e. The molecule has 0 spiro atoms. The van der Waals surface area contributed by atoms with E-state index < -0.39 is 10.8 Å². The summed E-state index contributed by atoms with van der Waals surface area (Å²) in [5, 5.41) is 0. The van der Waals surface area contributed by atoms with E-state index in [0.717, 1.165) is 5.56 Å². The summed E-state index contributed by atoms with van der Waals surface area (Å²) in [7, 11) is -1.09. The van der Waals surface area contributed by atoms with E-state index >= 15 is 0 Å². The summed E-state index contributed by atoms with van der Waals surface area (Å²) < 4.78 is 12.1. The lowest BCUT2D eigenvalue weighted by atomic mass is 10.2. The maximum absolute atomic E-state index is 12.1. The third-order valence-electron chi connectivity index (χ3n) is 2.46. The normalized spacial score (nSPS) is 12.2. The van der Waals surface area contributed by atoms with Gasteiger partial charge in [0.2, 0.25) is 0 Å². The molecule has 1 atom stereocenters. The molecule has 2 aromatic carbocycles. The van der Waals surface area contributed by atoms with Crippen LogP contribution in [0.2, 0.25) is 0 Å². The molecule has 4 N–H and O–H groups in total. The van der Waals surface area contributed by atoms with Gasteiger partial charge in [0, 0.05) is 4.90 Å². The van der Waals surface area contributed by atoms with E-state index in [1.165, 1.54) is 0 Å². The van der Waals surface area contributed by atoms with Crippen LogP contribution in [0.4, 0.5) is 11.4 Å². The van der Waals surface area contributed by atoms with Crippen LogP contribution < -0.4 is 11.5 Å². The van der Waals surface area contributed by atoms with Crippen LogP contribution in [0.5, 0.6) is 0 Å². The Morgan fingerprint density at radius 2 is 1.65 bits per heavy atom. The zero-order valence-corrected chi connectivity index (χ0v) is 10.1. The molecule has 0 saturated carbocycles. The summed E-state index contributed by atoms with van der Waals surface area (Å²) in [6, 6.07) is 14.8. The molecule has 17 heavy (non-hydrogen) atoms. The average Bonchev–Trinajstić information content (AvgIpc) is 2.34. The largest absolute Gasteiger partial charge is 0.397 e. The third kappa shape index (κ3) is 2.85. The molecule has 0 radical (unpaired) electrons. The summed E-state index contributed by atoms with van der Waals surface area (Å²) in [6.45, 7) is 0. The number of nitrogen functional groups attached to an aromatic ring is 2. The molecule has 1 unspecified atom stereocenters. The van der Waals surface area contributed by atoms with E-state index in [4.69, 9.17) is 11.5 Å². The van der Waals surface area contributed by atoms with Gasteiger partial charge in [0.1, 0.15) is 0 Å². The molecule has 0 heterocycles. The van der Waals surface area contributed by atoms with Crippen LogP contribution >= 0.6 is 0 Å². The molecule has 0 aliphatic carbocycles. The molecule has 2 aromatic rings. The maximum atomic E-state index is 12.1. The van der Waals surface area contributed by atoms with Gasteiger partial charge in [-0.15, -0.1) is 0 Å². The third-order valence-corrected chi connectivity index (χ3v) is 3.84. The molecule has 2 rings (SSSR count). The van der Waals surface area contributed by atoms with Crippen LogP contribution in [-0.4, -0.2) is 4.21 Å². The van der Waals surface area contributed by atoms with Crippen molar-refractivity contribution in [3.05, 3.63) is 54.1 Å². The minimum Gasteiger partial charge on any atom is -0.397 e. The van der Waals surface area contributed by atoms with E-state index in [0.29, 0.717) is 22.0 Å². The first-order valence-electron chi connectivity index (χ1n) is 5.24. The quantitative estimate of drug-likeness (QED) is 0.815. The minimum absolute atomic E-state index is 0.476. The molecule has 0 bridgehead atoms. The van der Waals surface area contributed by atoms with Crippen molar-refractivity contribution >= 4 is 22.2 Å². The monoisotopic (exact) mass is 246 g/mol. The first-order chi connectivity index (χ1) is 8.16. The second-order valence-electron chi connectivity index (χ2n) is 3.77. The number of rotatable bonds is 3. The Balaban J connectivity index is 2.18. The van der Waals surface area contributed by atoms with Crippen molar-refractivity contribution in [1.82, 2.24) is 0 Å². The summed E-state index contributed by atoms with van der Waals surface area (Å²) >= 11 is 0. The van der Waals surface area contributed by atoms with Crippen molar-refractivity contribution in [1.29, 1.82) is 0 Å². The second kappa shape index (κ2) is 5.01. The fraction of sp³-hybridized carbons (Fsp3) is 0.0769. The Hall–Kier alpha value is -1.81. The first-order valence-corrected chi connectivity index (χ1v) is 6.56. The van der Waals surface area contributed by atoms with Gasteiger partial charge < -0.3 is 11.5 Å². The van der Waals surface area contributed by atoms with Crippen LogP contribution in [-0.2, 0) is 16.6 Å². The van der Waals surface area contributed by atoms with Gasteiger partial charge in [-0.1, -0.05) is 30.3 Å². The van der Waals surface area contributed by atoms with Crippen LogP contribution in [0.25, 0.3) is 0 Å². The highest BCUT2D eigenvalue weighted by atomic mass is 32.2. The second-order valence-corrected chi connectivity index (χ2v) is 5.22. The van der Waals surface area contributed by atoms with Gasteiger partial charge in [0.25, 0.3) is 0 Å². The Morgan fingerprint density at radius 3 is 2.29 bits per heavy atom. The molecule has 0 aliphatic rings. The van der Waals surface area contributed by atoms with E-state index in [1.807, 2.05) is 30.3 Å². The van der Waals surface area contributed by atoms with Crippen LogP contribution in [0.15, 0.2) is 53.4 Å². The highest BCUT2D eigenvalue weighted by Gasteiger charge is 2.06. The predicted octanol–water partition coefficient (Wildman–Crippen LogP) is 2.16. The fourth-order valence-corrected chi connectivity index (χ4v) is 2.64. The first kappa shape index (κ1) is 11.7. The lowest BCUT2D eigenvalue weighted by molar-refractivity contribution is 0.682. The van der Waals surface area contributed by atoms with Crippen LogP contribution in [0.3, 0.4) is 0 Å². The van der Waals surface area contributed by atoms with Gasteiger partial charge in [-0.3, -0.25) is 4.21 Å². The van der Waals surface area contributed by atoms with Gasteiger partial charge in [0.05, 0.1) is 27.9 Å². The molecular weight excluding hydrogens is 232 g/mol. The summed E-state index contributed by atoms with van der Waals surface area (Å²) in [5.74, 6) is 0.490. The Kier molecular flexibility index (Phi) is 3.44. The van der Waals surface area contributed by atoms with Gasteiger partial charge in [-0.2, -0.15) is 0 Å². The molecule has 4 heteroatoms. The average molecular weight is 246 g/mol. The van der Waals surface area contributed by atoms with E-state index in [2.05, 4.69) is 0 Å². The Morgan fingerprint density at radius 1 is 0.941 bits per heavy atom. The smallest absolute Gasteiger partial charge is 0.0574 e. The summed E-state index contributed by atoms with van der Waals surface area (Å²) in [4.78, 5) is 0.709. The van der Waals surface area contributed by atoms with Crippen molar-refractivity contribution in [2.45, 2.75) is 10.6 Å². The summed E-state index contributed by atoms with van der Waals surface area (Å²) in [6.07, 6.45) is 0. The van der Waals surface area contributed by atoms with Gasteiger partial charge >= 0.3 is 0 Å². The highest BCUT2D eigenvalue weighted by molar-refractivity contribution is 7.84. The Bertz CT molecular complexity index is 540. The summed E-state index contributed by atoms with van der Waals surface area (Å²) in [5.41, 5.74) is 13.3. The number of hydrogen-bond acceptors (Lipinski definition) is 3. The molecule has 0 fully saturated rings. The van der Waals surface area contributed by atoms with Crippen molar-refractivity contribution in [3.8, 4) is 0 Å². The molecule has 0 amide bonds. The topological polar surface area (TPSA) is 69.1 Å². The van der Waals surface area contributed by atoms with Crippen molar-refractivity contribution in [2.75, 3.05) is 11.5 Å². The minimum atomic E-state index is -1.09. The SMILES string of the molecule is Nc1ccc(S(=O)Cc2ccccc2)cc1N. The van der Waals surface area contributed by atoms with Gasteiger partial charge in [-0.05, 0) is 23.8 Å². The fourth-order valence-electron chi connectivity index (χ4n) is 1.50. The van der Waals surface area contributed by atoms with Crippen molar-refractivity contribution < 1.29 is 4.21 Å². The van der Waals surface area contributed by atoms with Gasteiger partial charge in [-0.25, -0.2) is 0 Å². The van der Waals surface area contributed by atoms with Crippen molar-refractivity contribution in [2.24, 2.45) is 0 Å². The van der Waals surface area contributed by atoms with E-state index in [-0.39, 0.29) is 0 Å². The molecule has 88 valence electrons. The van der Waals surface area contributed by atoms with Crippen molar-refractivity contribution in [3.63, 3.8) is 0 Å². The van der Waals surface area contributed by atoms with Gasteiger partial charge in [0.15, 0.2) is 0 Å². The van der Waals surface area contributed by atoms with Crippen LogP contribution in [0, 0.1) is 0 Å². The Labute approximate surface area is 103 Å². The standard InChI is InChI=1S/C13H14N2OS/c14-12-7-6-11(8-13(12)15)17(16)9-10-4-2-1-3-5-10/h1-8H,9,14-15H2. The number of hydrogen-bond donors (Lipinski definition) is 2. The zero-order valence-electron chi connectivity index (χ0n) is 9.30. The number of nitrogens with two attached hydrogens (primary N) is 2. The molecule has 0 saturated heterocycles. The highest BCUT2D eigenvalue weighted by Crippen LogP contribution is 2.20. The van der Waals surface area contributed by atoms with E-state index in [9.17, 15) is 4.21 Å². The molecule has 0 aliphatic heterocycles. The lowest BCUT2D eigenvalue weighted by Gasteiger charge is -2.05. The molecule has 3 nitrogen and oxygen atoms in total. The predicted molar refractivity (Wildman–Crippen MR) is 71.8 cm³/mol. The lowest BCUT2D eigenvalue weighted by Crippen LogP contribution is -2.00. The van der Waals surface area contributed by atoms with Crippen LogP contribution in [0.1, 0.15) is 5.56 Å². The molecular formula is C13H14N2OS. The number of anilines is 2. The zero-order chi connectivity index (χ0) is 12.3.